The third-order valence-corrected chi connectivity index (χ3v) is 1.77. The Kier molecular flexibility index (Phi) is 0.502. The van der Waals surface area contributed by atoms with Crippen LogP contribution in [-0.2, 0) is 0 Å². The molecule has 3 nitrogen and oxygen atoms in total. The number of nitrogens with one attached hydrogen (secondary N) is 1. The highest BCUT2D eigenvalue weighted by molar-refractivity contribution is 5.96. The Balaban J connectivity index is 2.31. The Morgan fingerprint density at radius 2 is 2.50 bits per heavy atom. The summed E-state index contributed by atoms with van der Waals surface area (Å²) < 4.78 is 1.91. The van der Waals surface area contributed by atoms with Gasteiger partial charge in [-0.25, -0.2) is 9.66 Å². The fourth-order valence-electron chi connectivity index (χ4n) is 1.18. The second kappa shape index (κ2) is 1.16. The molecule has 0 spiro atoms. The van der Waals surface area contributed by atoms with Crippen molar-refractivity contribution in [1.82, 2.24) is 9.66 Å². The average molecular weight is 131 g/mol. The maximum absolute atomic E-state index is 4.17. The molecule has 1 aromatic rings. The predicted molar refractivity (Wildman–Crippen MR) is 37.6 cm³/mol. The molecular formula is C7H5N3. The van der Waals surface area contributed by atoms with Crippen molar-refractivity contribution in [3.8, 4) is 0 Å². The van der Waals surface area contributed by atoms with Crippen LogP contribution in [0.25, 0.3) is 5.57 Å². The van der Waals surface area contributed by atoms with E-state index in [0.29, 0.717) is 0 Å². The minimum atomic E-state index is 1.03. The molecule has 0 saturated carbocycles. The van der Waals surface area contributed by atoms with Gasteiger partial charge in [-0.15, -0.1) is 0 Å². The zero-order valence-corrected chi connectivity index (χ0v) is 5.20. The molecule has 0 aromatic carbocycles. The lowest BCUT2D eigenvalue weighted by molar-refractivity contribution is 0.920. The van der Waals surface area contributed by atoms with Gasteiger partial charge in [0.05, 0.1) is 0 Å². The molecule has 2 aliphatic rings. The number of rotatable bonds is 0. The van der Waals surface area contributed by atoms with Crippen molar-refractivity contribution >= 4 is 5.57 Å². The Morgan fingerprint density at radius 3 is 3.50 bits per heavy atom. The first-order valence-corrected chi connectivity index (χ1v) is 3.18. The summed E-state index contributed by atoms with van der Waals surface area (Å²) in [6.45, 7) is 0. The van der Waals surface area contributed by atoms with E-state index in [2.05, 4.69) is 16.5 Å². The molecule has 0 fully saturated rings. The third-order valence-electron chi connectivity index (χ3n) is 1.77. The highest BCUT2D eigenvalue weighted by atomic mass is 15.4. The van der Waals surface area contributed by atoms with Crippen molar-refractivity contribution in [3.05, 3.63) is 36.1 Å². The third kappa shape index (κ3) is 0.355. The van der Waals surface area contributed by atoms with Crippen LogP contribution in [0.15, 0.2) is 30.2 Å². The summed E-state index contributed by atoms with van der Waals surface area (Å²) in [4.78, 5) is 4.17. The van der Waals surface area contributed by atoms with Crippen LogP contribution in [-0.4, -0.2) is 9.66 Å². The molecule has 1 aliphatic carbocycles. The van der Waals surface area contributed by atoms with Crippen LogP contribution in [0.3, 0.4) is 0 Å². The van der Waals surface area contributed by atoms with Crippen molar-refractivity contribution in [2.75, 3.05) is 5.43 Å². The van der Waals surface area contributed by atoms with Crippen molar-refractivity contribution in [2.45, 2.75) is 0 Å². The molecule has 48 valence electrons. The van der Waals surface area contributed by atoms with Crippen LogP contribution in [0.5, 0.6) is 0 Å². The topological polar surface area (TPSA) is 29.9 Å². The van der Waals surface area contributed by atoms with E-state index in [9.17, 15) is 0 Å². The molecule has 2 heterocycles. The van der Waals surface area contributed by atoms with Crippen molar-refractivity contribution in [3.63, 3.8) is 0 Å². The van der Waals surface area contributed by atoms with Crippen molar-refractivity contribution < 1.29 is 0 Å². The van der Waals surface area contributed by atoms with Gasteiger partial charge in [-0.2, -0.15) is 0 Å². The fraction of sp³-hybridized carbons (Fsp3) is 0. The van der Waals surface area contributed by atoms with Crippen molar-refractivity contribution in [2.24, 2.45) is 0 Å². The molecule has 0 radical (unpaired) electrons. The van der Waals surface area contributed by atoms with E-state index in [1.165, 1.54) is 11.1 Å². The molecule has 3 heteroatoms. The van der Waals surface area contributed by atoms with Crippen LogP contribution in [0, 0.1) is 0 Å². The van der Waals surface area contributed by atoms with Gasteiger partial charge >= 0.3 is 0 Å². The first-order valence-electron chi connectivity index (χ1n) is 3.18. The second-order valence-electron chi connectivity index (χ2n) is 2.41. The highest BCUT2D eigenvalue weighted by Gasteiger charge is 2.25. The van der Waals surface area contributed by atoms with Gasteiger partial charge in [0.25, 0.3) is 0 Å². The minimum Gasteiger partial charge on any atom is -0.300 e. The predicted octanol–water partition coefficient (Wildman–Crippen LogP) is 0.721. The quantitative estimate of drug-likeness (QED) is 0.562. The fourth-order valence-corrected chi connectivity index (χ4v) is 1.18. The van der Waals surface area contributed by atoms with Gasteiger partial charge in [0, 0.05) is 29.7 Å². The van der Waals surface area contributed by atoms with E-state index in [4.69, 9.17) is 0 Å². The molecule has 1 aromatic heterocycles. The zero-order chi connectivity index (χ0) is 6.55. The van der Waals surface area contributed by atoms with E-state index in [1.807, 2.05) is 17.1 Å². The van der Waals surface area contributed by atoms with E-state index >= 15 is 0 Å². The minimum absolute atomic E-state index is 1.03. The smallest absolute Gasteiger partial charge is 0.159 e. The maximum Gasteiger partial charge on any atom is 0.159 e. The zero-order valence-electron chi connectivity index (χ0n) is 5.20. The maximum atomic E-state index is 4.17. The van der Waals surface area contributed by atoms with E-state index in [1.54, 1.807) is 6.20 Å². The monoisotopic (exact) mass is 131 g/mol. The summed E-state index contributed by atoms with van der Waals surface area (Å²) in [5.41, 5.74) is 5.62. The van der Waals surface area contributed by atoms with Gasteiger partial charge in [-0.3, -0.25) is 5.43 Å². The van der Waals surface area contributed by atoms with Gasteiger partial charge in [-0.05, 0) is 6.08 Å². The van der Waals surface area contributed by atoms with Gasteiger partial charge < -0.3 is 0 Å². The van der Waals surface area contributed by atoms with Gasteiger partial charge in [0.15, 0.2) is 5.82 Å². The second-order valence-corrected chi connectivity index (χ2v) is 2.41. The number of nitrogens with zero attached hydrogens (tertiary/aromatic N) is 2. The number of fused-ring (bicyclic) bond motifs is 3. The molecule has 1 N–H and O–H groups in total. The number of aromatic nitrogens is 2. The number of hydrogen-bond donors (Lipinski definition) is 1. The normalized spacial score (nSPS) is 18.0. The molecule has 10 heavy (non-hydrogen) atoms. The number of allylic oxidation sites excluding steroid dienone is 3. The average Bonchev–Trinajstić information content (AvgIpc) is 2.60. The lowest BCUT2D eigenvalue weighted by atomic mass is 10.4. The molecule has 3 rings (SSSR count). The summed E-state index contributed by atoms with van der Waals surface area (Å²) in [5.74, 6) is 1.03. The van der Waals surface area contributed by atoms with E-state index in [-0.39, 0.29) is 0 Å². The Labute approximate surface area is 57.7 Å². The lowest BCUT2D eigenvalue weighted by Crippen LogP contribution is -2.12. The van der Waals surface area contributed by atoms with Crippen molar-refractivity contribution in [1.29, 1.82) is 0 Å². The molecule has 0 unspecified atom stereocenters. The van der Waals surface area contributed by atoms with Gasteiger partial charge in [-0.1, -0.05) is 0 Å². The molecule has 0 amide bonds. The Morgan fingerprint density at radius 1 is 1.50 bits per heavy atom. The largest absolute Gasteiger partial charge is 0.300 e. The lowest BCUT2D eigenvalue weighted by Gasteiger charge is -2.07. The first-order chi connectivity index (χ1) is 4.95. The van der Waals surface area contributed by atoms with Crippen LogP contribution in [0.4, 0.5) is 0 Å². The molecule has 1 aliphatic heterocycles. The molecule has 0 saturated heterocycles. The van der Waals surface area contributed by atoms with Gasteiger partial charge in [0.1, 0.15) is 0 Å². The first kappa shape index (κ1) is 4.33. The standard InChI is InChI=1S/C7H5N3/c1-2-10-7(8-1)6-3-5(6)4-9-10/h1-4,9H. The van der Waals surface area contributed by atoms with E-state index < -0.39 is 0 Å². The van der Waals surface area contributed by atoms with Crippen LogP contribution in [0.2, 0.25) is 0 Å². The highest BCUT2D eigenvalue weighted by Crippen LogP contribution is 2.37. The Bertz CT molecular complexity index is 357. The van der Waals surface area contributed by atoms with Crippen LogP contribution >= 0.6 is 0 Å². The number of imidazole rings is 1. The summed E-state index contributed by atoms with van der Waals surface area (Å²) >= 11 is 0. The van der Waals surface area contributed by atoms with Crippen LogP contribution in [0.1, 0.15) is 5.82 Å². The molecular weight excluding hydrogens is 126 g/mol. The SMILES string of the molecule is C1=C2C=C2c2nccn2N1. The summed E-state index contributed by atoms with van der Waals surface area (Å²) in [7, 11) is 0. The molecule has 0 atom stereocenters. The Hall–Kier alpha value is -1.51. The molecule has 0 bridgehead atoms. The summed E-state index contributed by atoms with van der Waals surface area (Å²) in [6, 6.07) is 0. The number of hydrogen-bond acceptors (Lipinski definition) is 2. The summed E-state index contributed by atoms with van der Waals surface area (Å²) in [5, 5.41) is 0. The summed E-state index contributed by atoms with van der Waals surface area (Å²) in [6.07, 6.45) is 7.78. The van der Waals surface area contributed by atoms with E-state index in [0.717, 1.165) is 5.82 Å². The van der Waals surface area contributed by atoms with Gasteiger partial charge in [0.2, 0.25) is 0 Å². The van der Waals surface area contributed by atoms with Crippen LogP contribution < -0.4 is 5.43 Å².